The molecule has 2 heteroatoms. The van der Waals surface area contributed by atoms with Crippen LogP contribution in [0.3, 0.4) is 0 Å². The molecule has 1 atom stereocenters. The molecule has 4 fully saturated rings. The largest absolute Gasteiger partial charge is 0.307 e. The maximum absolute atomic E-state index is 3.91. The molecular weight excluding hydrogens is 160 g/mol. The third kappa shape index (κ3) is 1.31. The molecule has 4 aliphatic rings. The van der Waals surface area contributed by atoms with Gasteiger partial charge in [0.2, 0.25) is 0 Å². The van der Waals surface area contributed by atoms with E-state index in [-0.39, 0.29) is 0 Å². The lowest BCUT2D eigenvalue weighted by Gasteiger charge is -2.41. The van der Waals surface area contributed by atoms with Gasteiger partial charge in [0.15, 0.2) is 0 Å². The Hall–Kier alpha value is -0.0800. The van der Waals surface area contributed by atoms with Crippen LogP contribution < -0.4 is 5.32 Å². The summed E-state index contributed by atoms with van der Waals surface area (Å²) in [5, 5.41) is 3.91. The highest BCUT2D eigenvalue weighted by Gasteiger charge is 2.50. The molecule has 74 valence electrons. The molecule has 2 nitrogen and oxygen atoms in total. The lowest BCUT2D eigenvalue weighted by Crippen LogP contribution is -2.54. The van der Waals surface area contributed by atoms with E-state index in [2.05, 4.69) is 17.3 Å². The normalized spacial score (nSPS) is 49.6. The van der Waals surface area contributed by atoms with Crippen LogP contribution in [0.15, 0.2) is 0 Å². The summed E-state index contributed by atoms with van der Waals surface area (Å²) in [6.07, 6.45) is 7.27. The van der Waals surface area contributed by atoms with Crippen LogP contribution in [-0.2, 0) is 0 Å². The number of fused-ring (bicyclic) bond motifs is 1. The van der Waals surface area contributed by atoms with E-state index in [1.54, 1.807) is 0 Å². The van der Waals surface area contributed by atoms with Gasteiger partial charge < -0.3 is 10.2 Å². The zero-order valence-electron chi connectivity index (χ0n) is 8.55. The van der Waals surface area contributed by atoms with Crippen molar-refractivity contribution in [2.75, 3.05) is 20.1 Å². The summed E-state index contributed by atoms with van der Waals surface area (Å²) in [5.74, 6) is 1.09. The molecule has 4 rings (SSSR count). The first-order valence-corrected chi connectivity index (χ1v) is 5.72. The Kier molecular flexibility index (Phi) is 1.72. The molecular formula is C11H20N2. The average Bonchev–Trinajstić information content (AvgIpc) is 2.65. The number of nitrogens with one attached hydrogen (secondary N) is 1. The highest BCUT2D eigenvalue weighted by atomic mass is 15.2. The Bertz CT molecular complexity index is 203. The summed E-state index contributed by atoms with van der Waals surface area (Å²) in [6.45, 7) is 2.56. The second-order valence-electron chi connectivity index (χ2n) is 5.49. The molecule has 2 bridgehead atoms. The second kappa shape index (κ2) is 2.71. The Morgan fingerprint density at radius 3 is 2.69 bits per heavy atom. The number of hydrogen-bond donors (Lipinski definition) is 1. The van der Waals surface area contributed by atoms with Gasteiger partial charge in [0.05, 0.1) is 0 Å². The van der Waals surface area contributed by atoms with Crippen molar-refractivity contribution in [2.45, 2.75) is 43.7 Å². The van der Waals surface area contributed by atoms with E-state index in [1.807, 2.05) is 0 Å². The Morgan fingerprint density at radius 1 is 1.31 bits per heavy atom. The van der Waals surface area contributed by atoms with Crippen molar-refractivity contribution in [3.05, 3.63) is 0 Å². The summed E-state index contributed by atoms with van der Waals surface area (Å²) in [5.41, 5.74) is 0.612. The topological polar surface area (TPSA) is 15.3 Å². The van der Waals surface area contributed by atoms with Gasteiger partial charge in [-0.25, -0.2) is 0 Å². The summed E-state index contributed by atoms with van der Waals surface area (Å²) < 4.78 is 0. The Balaban J connectivity index is 1.57. The SMILES string of the molecule is CN1CC[C@@H](NC23CCC(C2)C3)C1. The fraction of sp³-hybridized carbons (Fsp3) is 1.00. The number of likely N-dealkylation sites (tertiary alicyclic amines) is 1. The first-order chi connectivity index (χ1) is 6.26. The predicted molar refractivity (Wildman–Crippen MR) is 53.7 cm³/mol. The molecule has 0 spiro atoms. The van der Waals surface area contributed by atoms with Crippen LogP contribution in [0.1, 0.15) is 32.1 Å². The van der Waals surface area contributed by atoms with Gasteiger partial charge in [0, 0.05) is 18.1 Å². The van der Waals surface area contributed by atoms with E-state index in [0.29, 0.717) is 5.54 Å². The first-order valence-electron chi connectivity index (χ1n) is 5.72. The fourth-order valence-electron chi connectivity index (χ4n) is 3.61. The second-order valence-corrected chi connectivity index (χ2v) is 5.49. The van der Waals surface area contributed by atoms with Crippen molar-refractivity contribution >= 4 is 0 Å². The van der Waals surface area contributed by atoms with Gasteiger partial charge in [-0.2, -0.15) is 0 Å². The molecule has 3 aliphatic carbocycles. The van der Waals surface area contributed by atoms with Crippen LogP contribution >= 0.6 is 0 Å². The molecule has 1 aliphatic heterocycles. The van der Waals surface area contributed by atoms with E-state index in [0.717, 1.165) is 12.0 Å². The van der Waals surface area contributed by atoms with Crippen LogP contribution in [-0.4, -0.2) is 36.6 Å². The lowest BCUT2D eigenvalue weighted by molar-refractivity contribution is 0.170. The summed E-state index contributed by atoms with van der Waals surface area (Å²) in [6, 6.07) is 0.795. The quantitative estimate of drug-likeness (QED) is 0.687. The molecule has 1 saturated heterocycles. The third-order valence-electron chi connectivity index (χ3n) is 4.29. The maximum Gasteiger partial charge on any atom is 0.0212 e. The Labute approximate surface area is 80.7 Å². The van der Waals surface area contributed by atoms with Crippen LogP contribution in [0.5, 0.6) is 0 Å². The monoisotopic (exact) mass is 180 g/mol. The minimum atomic E-state index is 0.612. The molecule has 0 radical (unpaired) electrons. The highest BCUT2D eigenvalue weighted by Crippen LogP contribution is 2.52. The number of nitrogens with zero attached hydrogens (tertiary/aromatic N) is 1. The average molecular weight is 180 g/mol. The summed E-state index contributed by atoms with van der Waals surface area (Å²) in [4.78, 5) is 2.44. The van der Waals surface area contributed by atoms with Crippen LogP contribution in [0.25, 0.3) is 0 Å². The van der Waals surface area contributed by atoms with Crippen molar-refractivity contribution in [3.63, 3.8) is 0 Å². The number of rotatable bonds is 2. The van der Waals surface area contributed by atoms with Gasteiger partial charge >= 0.3 is 0 Å². The zero-order chi connectivity index (χ0) is 8.89. The van der Waals surface area contributed by atoms with Crippen molar-refractivity contribution in [3.8, 4) is 0 Å². The van der Waals surface area contributed by atoms with Crippen LogP contribution in [0.4, 0.5) is 0 Å². The number of hydrogen-bond acceptors (Lipinski definition) is 2. The van der Waals surface area contributed by atoms with Gasteiger partial charge in [-0.3, -0.25) is 0 Å². The summed E-state index contributed by atoms with van der Waals surface area (Å²) >= 11 is 0. The minimum Gasteiger partial charge on any atom is -0.307 e. The molecule has 0 amide bonds. The van der Waals surface area contributed by atoms with E-state index in [1.165, 1.54) is 45.2 Å². The number of likely N-dealkylation sites (N-methyl/N-ethyl adjacent to an activating group) is 1. The highest BCUT2D eigenvalue weighted by molar-refractivity contribution is 5.09. The van der Waals surface area contributed by atoms with Gasteiger partial charge in [-0.1, -0.05) is 0 Å². The van der Waals surface area contributed by atoms with E-state index < -0.39 is 0 Å². The van der Waals surface area contributed by atoms with Crippen molar-refractivity contribution < 1.29 is 0 Å². The minimum absolute atomic E-state index is 0.612. The van der Waals surface area contributed by atoms with Crippen molar-refractivity contribution in [1.29, 1.82) is 0 Å². The molecule has 0 aromatic rings. The van der Waals surface area contributed by atoms with Gasteiger partial charge in [0.25, 0.3) is 0 Å². The maximum atomic E-state index is 3.91. The molecule has 0 aromatic heterocycles. The molecule has 0 unspecified atom stereocenters. The van der Waals surface area contributed by atoms with Crippen LogP contribution in [0, 0.1) is 5.92 Å². The van der Waals surface area contributed by atoms with Gasteiger partial charge in [-0.15, -0.1) is 0 Å². The van der Waals surface area contributed by atoms with E-state index >= 15 is 0 Å². The standard InChI is InChI=1S/C11H20N2/c1-13-5-3-10(8-13)12-11-4-2-9(6-11)7-11/h9-10,12H,2-8H2,1H3/t9?,10-,11?/m1/s1. The first kappa shape index (κ1) is 8.25. The fourth-order valence-corrected chi connectivity index (χ4v) is 3.61. The molecule has 3 saturated carbocycles. The molecule has 13 heavy (non-hydrogen) atoms. The van der Waals surface area contributed by atoms with Crippen LogP contribution in [0.2, 0.25) is 0 Å². The zero-order valence-corrected chi connectivity index (χ0v) is 8.55. The van der Waals surface area contributed by atoms with Gasteiger partial charge in [0.1, 0.15) is 0 Å². The smallest absolute Gasteiger partial charge is 0.0212 e. The van der Waals surface area contributed by atoms with E-state index in [9.17, 15) is 0 Å². The van der Waals surface area contributed by atoms with Crippen molar-refractivity contribution in [1.82, 2.24) is 10.2 Å². The molecule has 0 aromatic carbocycles. The predicted octanol–water partition coefficient (Wildman–Crippen LogP) is 1.22. The summed E-state index contributed by atoms with van der Waals surface area (Å²) in [7, 11) is 2.23. The molecule has 1 heterocycles. The third-order valence-corrected chi connectivity index (χ3v) is 4.29. The van der Waals surface area contributed by atoms with E-state index in [4.69, 9.17) is 0 Å². The van der Waals surface area contributed by atoms with Gasteiger partial charge in [-0.05, 0) is 51.6 Å². The lowest BCUT2D eigenvalue weighted by atomic mass is 9.76. The Morgan fingerprint density at radius 2 is 2.15 bits per heavy atom. The van der Waals surface area contributed by atoms with Crippen molar-refractivity contribution in [2.24, 2.45) is 5.92 Å². The molecule has 1 N–H and O–H groups in total.